The standard InChI is InChI=1S/C24H30F3NO4S/c1-6-17(2)28(22(29)15-23(3,4)5)16-18-10-7-8-13-21(18)32-33(30,31)20-12-9-11-19(14-20)24(25,26)27/h7-14,17H,6,15-16H2,1-5H3/t17-/m1/s1. The average molecular weight is 486 g/mol. The highest BCUT2D eigenvalue weighted by Crippen LogP contribution is 2.32. The number of alkyl halides is 3. The second kappa shape index (κ2) is 10.2. The molecule has 2 aromatic carbocycles. The molecule has 0 N–H and O–H groups in total. The molecule has 0 spiro atoms. The molecular formula is C24H30F3NO4S. The lowest BCUT2D eigenvalue weighted by molar-refractivity contribution is -0.138. The van der Waals surface area contributed by atoms with E-state index in [0.29, 0.717) is 24.5 Å². The van der Waals surface area contributed by atoms with Gasteiger partial charge < -0.3 is 9.08 Å². The summed E-state index contributed by atoms with van der Waals surface area (Å²) in [6.07, 6.45) is -3.68. The summed E-state index contributed by atoms with van der Waals surface area (Å²) < 4.78 is 69.8. The maximum absolute atomic E-state index is 13.0. The fourth-order valence-corrected chi connectivity index (χ4v) is 4.17. The summed E-state index contributed by atoms with van der Waals surface area (Å²) >= 11 is 0. The van der Waals surface area contributed by atoms with E-state index < -0.39 is 26.8 Å². The third kappa shape index (κ3) is 7.48. The highest BCUT2D eigenvalue weighted by atomic mass is 32.2. The van der Waals surface area contributed by atoms with Crippen molar-refractivity contribution in [3.63, 3.8) is 0 Å². The van der Waals surface area contributed by atoms with Gasteiger partial charge in [-0.3, -0.25) is 4.79 Å². The van der Waals surface area contributed by atoms with Crippen LogP contribution in [0.2, 0.25) is 0 Å². The molecule has 0 radical (unpaired) electrons. The first-order valence-electron chi connectivity index (χ1n) is 10.6. The number of nitrogens with zero attached hydrogens (tertiary/aromatic N) is 1. The van der Waals surface area contributed by atoms with Crippen LogP contribution in [0.5, 0.6) is 5.75 Å². The van der Waals surface area contributed by atoms with Crippen molar-refractivity contribution in [2.24, 2.45) is 5.41 Å². The molecule has 0 aliphatic carbocycles. The quantitative estimate of drug-likeness (QED) is 0.428. The zero-order chi connectivity index (χ0) is 25.0. The lowest BCUT2D eigenvalue weighted by atomic mass is 9.91. The van der Waals surface area contributed by atoms with Crippen molar-refractivity contribution in [3.8, 4) is 5.75 Å². The first kappa shape index (κ1) is 26.7. The van der Waals surface area contributed by atoms with Crippen LogP contribution >= 0.6 is 0 Å². The minimum Gasteiger partial charge on any atom is -0.379 e. The predicted molar refractivity (Wildman–Crippen MR) is 120 cm³/mol. The van der Waals surface area contributed by atoms with Crippen LogP contribution in [0.25, 0.3) is 0 Å². The normalized spacial score (nSPS) is 13.5. The summed E-state index contributed by atoms with van der Waals surface area (Å²) in [5.74, 6) is -0.112. The van der Waals surface area contributed by atoms with Crippen LogP contribution in [0.1, 0.15) is 58.6 Å². The Labute approximate surface area is 193 Å². The fourth-order valence-electron chi connectivity index (χ4n) is 3.16. The smallest absolute Gasteiger partial charge is 0.379 e. The van der Waals surface area contributed by atoms with E-state index >= 15 is 0 Å². The summed E-state index contributed by atoms with van der Waals surface area (Å²) in [7, 11) is -4.53. The Morgan fingerprint density at radius 2 is 1.70 bits per heavy atom. The van der Waals surface area contributed by atoms with Crippen LogP contribution < -0.4 is 4.18 Å². The van der Waals surface area contributed by atoms with Gasteiger partial charge in [-0.2, -0.15) is 21.6 Å². The molecule has 0 bridgehead atoms. The first-order valence-corrected chi connectivity index (χ1v) is 12.0. The molecule has 2 rings (SSSR count). The van der Waals surface area contributed by atoms with Gasteiger partial charge in [-0.15, -0.1) is 0 Å². The fraction of sp³-hybridized carbons (Fsp3) is 0.458. The van der Waals surface area contributed by atoms with Crippen molar-refractivity contribution >= 4 is 16.0 Å². The Kier molecular flexibility index (Phi) is 8.22. The van der Waals surface area contributed by atoms with E-state index in [9.17, 15) is 26.4 Å². The summed E-state index contributed by atoms with van der Waals surface area (Å²) in [6.45, 7) is 9.83. The Hall–Kier alpha value is -2.55. The molecule has 0 fully saturated rings. The lowest BCUT2D eigenvalue weighted by Gasteiger charge is -2.32. The highest BCUT2D eigenvalue weighted by Gasteiger charge is 2.32. The number of carbonyl (C=O) groups excluding carboxylic acids is 1. The van der Waals surface area contributed by atoms with E-state index in [0.717, 1.165) is 18.2 Å². The number of para-hydroxylation sites is 1. The summed E-state index contributed by atoms with van der Waals surface area (Å²) in [5, 5.41) is 0. The Balaban J connectivity index is 2.37. The van der Waals surface area contributed by atoms with Crippen LogP contribution in [-0.2, 0) is 27.6 Å². The molecule has 0 aliphatic rings. The van der Waals surface area contributed by atoms with Crippen molar-refractivity contribution in [2.75, 3.05) is 0 Å². The number of benzene rings is 2. The molecule has 0 saturated carbocycles. The van der Waals surface area contributed by atoms with E-state index in [2.05, 4.69) is 0 Å². The molecule has 0 aliphatic heterocycles. The summed E-state index contributed by atoms with van der Waals surface area (Å²) in [5.41, 5.74) is -0.877. The first-order chi connectivity index (χ1) is 15.1. The lowest BCUT2D eigenvalue weighted by Crippen LogP contribution is -2.39. The van der Waals surface area contributed by atoms with Gasteiger partial charge >= 0.3 is 16.3 Å². The van der Waals surface area contributed by atoms with Gasteiger partial charge in [0.2, 0.25) is 5.91 Å². The van der Waals surface area contributed by atoms with Gasteiger partial charge in [-0.05, 0) is 43.0 Å². The molecule has 5 nitrogen and oxygen atoms in total. The molecule has 182 valence electrons. The number of carbonyl (C=O) groups is 1. The summed E-state index contributed by atoms with van der Waals surface area (Å²) in [4.78, 5) is 14.0. The molecule has 0 unspecified atom stereocenters. The maximum Gasteiger partial charge on any atom is 0.416 e. The van der Waals surface area contributed by atoms with Gasteiger partial charge in [-0.1, -0.05) is 52.0 Å². The minimum absolute atomic E-state index is 0.0354. The SMILES string of the molecule is CC[C@@H](C)N(Cc1ccccc1OS(=O)(=O)c1cccc(C(F)(F)F)c1)C(=O)CC(C)(C)C. The monoisotopic (exact) mass is 485 g/mol. The maximum atomic E-state index is 13.0. The van der Waals surface area contributed by atoms with Crippen LogP contribution in [0, 0.1) is 5.41 Å². The second-order valence-corrected chi connectivity index (χ2v) is 10.7. The van der Waals surface area contributed by atoms with E-state index in [1.807, 2.05) is 34.6 Å². The molecule has 0 heterocycles. The Morgan fingerprint density at radius 1 is 1.06 bits per heavy atom. The molecule has 0 aromatic heterocycles. The number of amides is 1. The number of rotatable bonds is 8. The topological polar surface area (TPSA) is 63.7 Å². The minimum atomic E-state index is -4.69. The van der Waals surface area contributed by atoms with Gasteiger partial charge in [0.15, 0.2) is 0 Å². The highest BCUT2D eigenvalue weighted by molar-refractivity contribution is 7.87. The van der Waals surface area contributed by atoms with Crippen LogP contribution in [0.15, 0.2) is 53.4 Å². The molecule has 1 amide bonds. The predicted octanol–water partition coefficient (Wildman–Crippen LogP) is 6.04. The number of hydrogen-bond acceptors (Lipinski definition) is 4. The van der Waals surface area contributed by atoms with Crippen molar-refractivity contribution in [3.05, 3.63) is 59.7 Å². The zero-order valence-electron chi connectivity index (χ0n) is 19.4. The third-order valence-electron chi connectivity index (χ3n) is 5.09. The van der Waals surface area contributed by atoms with Crippen LogP contribution in [0.3, 0.4) is 0 Å². The Morgan fingerprint density at radius 3 is 2.27 bits per heavy atom. The summed E-state index contributed by atoms with van der Waals surface area (Å²) in [6, 6.07) is 9.58. The van der Waals surface area contributed by atoms with Crippen molar-refractivity contribution in [2.45, 2.75) is 71.1 Å². The second-order valence-electron chi connectivity index (χ2n) is 9.19. The van der Waals surface area contributed by atoms with Gasteiger partial charge in [0, 0.05) is 24.6 Å². The van der Waals surface area contributed by atoms with E-state index in [1.165, 1.54) is 6.07 Å². The van der Waals surface area contributed by atoms with Crippen LogP contribution in [0.4, 0.5) is 13.2 Å². The molecule has 0 saturated heterocycles. The number of halogens is 3. The molecule has 33 heavy (non-hydrogen) atoms. The average Bonchev–Trinajstić information content (AvgIpc) is 2.70. The van der Waals surface area contributed by atoms with E-state index in [4.69, 9.17) is 4.18 Å². The zero-order valence-corrected chi connectivity index (χ0v) is 20.3. The van der Waals surface area contributed by atoms with E-state index in [-0.39, 0.29) is 29.7 Å². The third-order valence-corrected chi connectivity index (χ3v) is 6.32. The van der Waals surface area contributed by atoms with Gasteiger partial charge in [-0.25, -0.2) is 0 Å². The van der Waals surface area contributed by atoms with Gasteiger partial charge in [0.1, 0.15) is 10.6 Å². The van der Waals surface area contributed by atoms with Crippen molar-refractivity contribution in [1.29, 1.82) is 0 Å². The van der Waals surface area contributed by atoms with E-state index in [1.54, 1.807) is 23.1 Å². The van der Waals surface area contributed by atoms with Gasteiger partial charge in [0.25, 0.3) is 0 Å². The molecule has 9 heteroatoms. The largest absolute Gasteiger partial charge is 0.416 e. The van der Waals surface area contributed by atoms with Crippen LogP contribution in [-0.4, -0.2) is 25.3 Å². The number of hydrogen-bond donors (Lipinski definition) is 0. The molecule has 2 aromatic rings. The Bertz CT molecular complexity index is 1080. The van der Waals surface area contributed by atoms with Crippen molar-refractivity contribution in [1.82, 2.24) is 4.90 Å². The van der Waals surface area contributed by atoms with Gasteiger partial charge in [0.05, 0.1) is 5.56 Å². The molecule has 1 atom stereocenters. The van der Waals surface area contributed by atoms with Crippen molar-refractivity contribution < 1.29 is 30.6 Å². The molecular weight excluding hydrogens is 455 g/mol.